The number of thiazole rings is 1. The number of nitrogens with one attached hydrogen (secondary N) is 1. The predicted molar refractivity (Wildman–Crippen MR) is 98.7 cm³/mol. The maximum absolute atomic E-state index is 6.10. The van der Waals surface area contributed by atoms with Gasteiger partial charge in [0.2, 0.25) is 0 Å². The van der Waals surface area contributed by atoms with Crippen LogP contribution in [0.4, 0.5) is 0 Å². The van der Waals surface area contributed by atoms with Crippen LogP contribution < -0.4 is 5.32 Å². The fourth-order valence-corrected chi connectivity index (χ4v) is 3.77. The summed E-state index contributed by atoms with van der Waals surface area (Å²) in [7, 11) is 1.84. The molecular weight excluding hydrogens is 322 g/mol. The molecule has 0 bridgehead atoms. The van der Waals surface area contributed by atoms with E-state index >= 15 is 0 Å². The van der Waals surface area contributed by atoms with Gasteiger partial charge in [0.15, 0.2) is 10.9 Å². The molecule has 3 rings (SSSR count). The monoisotopic (exact) mass is 349 g/mol. The zero-order chi connectivity index (χ0) is 17.2. The van der Waals surface area contributed by atoms with Crippen molar-refractivity contribution in [2.75, 3.05) is 20.1 Å². The molecule has 0 aliphatic carbocycles. The quantitative estimate of drug-likeness (QED) is 0.684. The maximum Gasteiger partial charge on any atom is 0.193 e. The maximum atomic E-state index is 6.10. The number of nitrogens with zero attached hydrogens (tertiary/aromatic N) is 4. The Labute approximate surface area is 147 Å². The summed E-state index contributed by atoms with van der Waals surface area (Å²) in [6.07, 6.45) is 6.52. The minimum atomic E-state index is -0.0687. The average Bonchev–Trinajstić information content (AvgIpc) is 3.09. The molecule has 0 aromatic carbocycles. The van der Waals surface area contributed by atoms with Crippen LogP contribution in [-0.4, -0.2) is 52.1 Å². The Morgan fingerprint density at radius 1 is 1.42 bits per heavy atom. The molecule has 1 N–H and O–H groups in total. The number of likely N-dealkylation sites (tertiary alicyclic amines) is 1. The number of hydrogen-bond acceptors (Lipinski definition) is 4. The predicted octanol–water partition coefficient (Wildman–Crippen LogP) is 2.75. The third kappa shape index (κ3) is 4.27. The smallest absolute Gasteiger partial charge is 0.193 e. The van der Waals surface area contributed by atoms with Crippen LogP contribution in [0.5, 0.6) is 0 Å². The third-order valence-electron chi connectivity index (χ3n) is 4.04. The highest BCUT2D eigenvalue weighted by Gasteiger charge is 2.25. The van der Waals surface area contributed by atoms with Crippen molar-refractivity contribution in [2.45, 2.75) is 51.9 Å². The Balaban J connectivity index is 1.51. The van der Waals surface area contributed by atoms with Crippen LogP contribution in [0.15, 0.2) is 22.8 Å². The van der Waals surface area contributed by atoms with Crippen LogP contribution in [0.3, 0.4) is 0 Å². The lowest BCUT2D eigenvalue weighted by molar-refractivity contribution is -0.0772. The molecular formula is C17H27N5OS. The van der Waals surface area contributed by atoms with Crippen LogP contribution in [0.1, 0.15) is 39.3 Å². The molecule has 3 heterocycles. The standard InChI is InChI=1S/C17H27N5OS/c1-17(2,3)23-14-5-7-21(8-6-14)15(18-4)19-11-13-12-22-9-10-24-16(22)20-13/h9-10,12,14H,5-8,11H2,1-4H3,(H,18,19). The highest BCUT2D eigenvalue weighted by atomic mass is 32.1. The largest absolute Gasteiger partial charge is 0.372 e. The molecule has 1 aliphatic heterocycles. The van der Waals surface area contributed by atoms with Crippen LogP contribution >= 0.6 is 11.3 Å². The second-order valence-electron chi connectivity index (χ2n) is 7.14. The number of guanidine groups is 1. The summed E-state index contributed by atoms with van der Waals surface area (Å²) in [6.45, 7) is 9.00. The van der Waals surface area contributed by atoms with Crippen molar-refractivity contribution in [3.05, 3.63) is 23.5 Å². The van der Waals surface area contributed by atoms with Gasteiger partial charge in [-0.25, -0.2) is 4.98 Å². The highest BCUT2D eigenvalue weighted by molar-refractivity contribution is 7.15. The summed E-state index contributed by atoms with van der Waals surface area (Å²) in [5.74, 6) is 0.945. The van der Waals surface area contributed by atoms with E-state index in [4.69, 9.17) is 4.74 Å². The molecule has 2 aromatic rings. The number of aromatic nitrogens is 2. The van der Waals surface area contributed by atoms with Gasteiger partial charge in [-0.15, -0.1) is 11.3 Å². The van der Waals surface area contributed by atoms with Gasteiger partial charge in [-0.1, -0.05) is 0 Å². The van der Waals surface area contributed by atoms with E-state index in [1.54, 1.807) is 11.3 Å². The molecule has 1 fully saturated rings. The zero-order valence-corrected chi connectivity index (χ0v) is 15.8. The fourth-order valence-electron chi connectivity index (χ4n) is 3.05. The van der Waals surface area contributed by atoms with Gasteiger partial charge in [-0.3, -0.25) is 9.39 Å². The fraction of sp³-hybridized carbons (Fsp3) is 0.647. The van der Waals surface area contributed by atoms with E-state index in [9.17, 15) is 0 Å². The van der Waals surface area contributed by atoms with Gasteiger partial charge in [0, 0.05) is 37.9 Å². The summed E-state index contributed by atoms with van der Waals surface area (Å²) in [6, 6.07) is 0. The Morgan fingerprint density at radius 2 is 2.17 bits per heavy atom. The molecule has 132 valence electrons. The Kier molecular flexibility index (Phi) is 5.10. The first-order valence-electron chi connectivity index (χ1n) is 8.49. The number of piperidine rings is 1. The molecule has 0 unspecified atom stereocenters. The number of fused-ring (bicyclic) bond motifs is 1. The van der Waals surface area contributed by atoms with E-state index in [2.05, 4.69) is 51.6 Å². The van der Waals surface area contributed by atoms with Gasteiger partial charge < -0.3 is 15.0 Å². The van der Waals surface area contributed by atoms with Gasteiger partial charge in [0.25, 0.3) is 0 Å². The van der Waals surface area contributed by atoms with Crippen molar-refractivity contribution in [3.63, 3.8) is 0 Å². The average molecular weight is 350 g/mol. The summed E-state index contributed by atoms with van der Waals surface area (Å²) in [4.78, 5) is 12.4. The van der Waals surface area contributed by atoms with E-state index in [-0.39, 0.29) is 5.60 Å². The van der Waals surface area contributed by atoms with Gasteiger partial charge in [0.05, 0.1) is 23.9 Å². The number of hydrogen-bond donors (Lipinski definition) is 1. The van der Waals surface area contributed by atoms with Gasteiger partial charge >= 0.3 is 0 Å². The SMILES string of the molecule is CN=C(NCc1cn2ccsc2n1)N1CCC(OC(C)(C)C)CC1. The van der Waals surface area contributed by atoms with Crippen molar-refractivity contribution in [3.8, 4) is 0 Å². The lowest BCUT2D eigenvalue weighted by atomic mass is 10.1. The topological polar surface area (TPSA) is 54.2 Å². The first kappa shape index (κ1) is 17.2. The van der Waals surface area contributed by atoms with Crippen molar-refractivity contribution in [2.24, 2.45) is 4.99 Å². The van der Waals surface area contributed by atoms with E-state index in [1.807, 2.05) is 18.6 Å². The second kappa shape index (κ2) is 7.11. The van der Waals surface area contributed by atoms with Gasteiger partial charge in [0.1, 0.15) is 0 Å². The number of rotatable bonds is 3. The summed E-state index contributed by atoms with van der Waals surface area (Å²) in [5.41, 5.74) is 0.967. The third-order valence-corrected chi connectivity index (χ3v) is 4.82. The molecule has 24 heavy (non-hydrogen) atoms. The van der Waals surface area contributed by atoms with E-state index < -0.39 is 0 Å². The summed E-state index contributed by atoms with van der Waals surface area (Å²) in [5, 5.41) is 5.48. The molecule has 7 heteroatoms. The summed E-state index contributed by atoms with van der Waals surface area (Å²) < 4.78 is 8.15. The first-order chi connectivity index (χ1) is 11.4. The van der Waals surface area contributed by atoms with Gasteiger partial charge in [-0.2, -0.15) is 0 Å². The van der Waals surface area contributed by atoms with E-state index in [0.29, 0.717) is 12.6 Å². The zero-order valence-electron chi connectivity index (χ0n) is 15.0. The highest BCUT2D eigenvalue weighted by Crippen LogP contribution is 2.20. The molecule has 6 nitrogen and oxygen atoms in total. The molecule has 1 aliphatic rings. The van der Waals surface area contributed by atoms with Crippen molar-refractivity contribution in [1.29, 1.82) is 0 Å². The molecule has 0 amide bonds. The van der Waals surface area contributed by atoms with Crippen molar-refractivity contribution >= 4 is 22.3 Å². The van der Waals surface area contributed by atoms with Crippen LogP contribution in [0.2, 0.25) is 0 Å². The Hall–Kier alpha value is -1.60. The lowest BCUT2D eigenvalue weighted by Gasteiger charge is -2.36. The number of imidazole rings is 1. The molecule has 1 saturated heterocycles. The lowest BCUT2D eigenvalue weighted by Crippen LogP contribution is -2.47. The minimum absolute atomic E-state index is 0.0687. The van der Waals surface area contributed by atoms with Crippen LogP contribution in [0.25, 0.3) is 4.96 Å². The van der Waals surface area contributed by atoms with Crippen molar-refractivity contribution < 1.29 is 4.74 Å². The summed E-state index contributed by atoms with van der Waals surface area (Å²) >= 11 is 1.65. The van der Waals surface area contributed by atoms with Crippen LogP contribution in [-0.2, 0) is 11.3 Å². The van der Waals surface area contributed by atoms with E-state index in [1.165, 1.54) is 0 Å². The van der Waals surface area contributed by atoms with Gasteiger partial charge in [-0.05, 0) is 33.6 Å². The minimum Gasteiger partial charge on any atom is -0.372 e. The number of ether oxygens (including phenoxy) is 1. The molecule has 0 spiro atoms. The second-order valence-corrected chi connectivity index (χ2v) is 8.02. The Morgan fingerprint density at radius 3 is 2.79 bits per heavy atom. The molecule has 0 saturated carbocycles. The molecule has 0 atom stereocenters. The number of aliphatic imine (C=N–C) groups is 1. The van der Waals surface area contributed by atoms with E-state index in [0.717, 1.165) is 42.5 Å². The Bertz CT molecular complexity index is 663. The van der Waals surface area contributed by atoms with Crippen molar-refractivity contribution in [1.82, 2.24) is 19.6 Å². The van der Waals surface area contributed by atoms with Crippen LogP contribution in [0, 0.1) is 0 Å². The first-order valence-corrected chi connectivity index (χ1v) is 9.37. The molecule has 0 radical (unpaired) electrons. The molecule has 2 aromatic heterocycles. The normalized spacial score (nSPS) is 17.7.